The monoisotopic (exact) mass is 180 g/mol. The Balaban J connectivity index is 0.000000810. The molecule has 56 valence electrons. The Kier molecular flexibility index (Phi) is 4.41. The molecule has 0 spiro atoms. The first kappa shape index (κ1) is 9.73. The van der Waals surface area contributed by atoms with Crippen LogP contribution in [-0.4, -0.2) is 0 Å². The third kappa shape index (κ3) is 2.54. The van der Waals surface area contributed by atoms with Crippen LogP contribution >= 0.6 is 24.0 Å². The topological polar surface area (TPSA) is 0 Å². The molecule has 0 fully saturated rings. The van der Waals surface area contributed by atoms with Gasteiger partial charge in [-0.05, 0) is 0 Å². The molecule has 0 aliphatic rings. The van der Waals surface area contributed by atoms with E-state index < -0.39 is 5.63 Å². The van der Waals surface area contributed by atoms with Crippen molar-refractivity contribution in [3.8, 4) is 0 Å². The summed E-state index contributed by atoms with van der Waals surface area (Å²) in [7, 11) is 0. The molecule has 0 saturated heterocycles. The maximum Gasteiger partial charge on any atom is 0.198 e. The molecule has 1 aromatic carbocycles. The molecule has 0 amide bonds. The highest BCUT2D eigenvalue weighted by molar-refractivity contribution is 6.19. The molecule has 10 heavy (non-hydrogen) atoms. The van der Waals surface area contributed by atoms with Gasteiger partial charge in [-0.3, -0.25) is 0 Å². The Bertz CT molecular complexity index is 174. The van der Waals surface area contributed by atoms with Crippen LogP contribution in [0.5, 0.6) is 0 Å². The quantitative estimate of drug-likeness (QED) is 0.583. The minimum absolute atomic E-state index is 0. The maximum absolute atomic E-state index is 12.2. The van der Waals surface area contributed by atoms with E-state index >= 15 is 0 Å². The van der Waals surface area contributed by atoms with Crippen LogP contribution in [0.15, 0.2) is 30.3 Å². The van der Waals surface area contributed by atoms with E-state index in [1.807, 2.05) is 6.07 Å². The number of alkyl halides is 2. The Morgan fingerprint density at radius 2 is 1.70 bits per heavy atom. The molecule has 1 rings (SSSR count). The first-order valence-corrected chi connectivity index (χ1v) is 3.07. The van der Waals surface area contributed by atoms with Crippen molar-refractivity contribution >= 4 is 24.0 Å². The Labute approximate surface area is 70.4 Å². The summed E-state index contributed by atoms with van der Waals surface area (Å²) in [4.78, 5) is 0. The fraction of sp³-hybridized carbons (Fsp3) is 0.143. The lowest BCUT2D eigenvalue weighted by Gasteiger charge is -1.95. The normalized spacial score (nSPS) is 11.8. The van der Waals surface area contributed by atoms with Crippen LogP contribution in [0.3, 0.4) is 0 Å². The van der Waals surface area contributed by atoms with Crippen LogP contribution in [0, 0.1) is 0 Å². The van der Waals surface area contributed by atoms with Gasteiger partial charge in [0, 0.05) is 5.56 Å². The van der Waals surface area contributed by atoms with Gasteiger partial charge in [-0.1, -0.05) is 41.9 Å². The lowest BCUT2D eigenvalue weighted by atomic mass is 10.2. The van der Waals surface area contributed by atoms with E-state index in [9.17, 15) is 4.39 Å². The Hall–Kier alpha value is -0.270. The highest BCUT2D eigenvalue weighted by Gasteiger charge is 2.00. The molecule has 1 atom stereocenters. The zero-order chi connectivity index (χ0) is 6.69. The van der Waals surface area contributed by atoms with E-state index in [0.29, 0.717) is 5.56 Å². The van der Waals surface area contributed by atoms with E-state index in [1.165, 1.54) is 0 Å². The molecular weight excluding hydrogens is 174 g/mol. The standard InChI is InChI=1S/C7H6ClF.ClH/c8-7(9)6-4-2-1-3-5-6;/h1-5,7H;1H. The van der Waals surface area contributed by atoms with Gasteiger partial charge in [0.15, 0.2) is 5.63 Å². The molecule has 0 radical (unpaired) electrons. The molecule has 0 aliphatic carbocycles. The number of benzene rings is 1. The summed E-state index contributed by atoms with van der Waals surface area (Å²) in [6, 6.07) is 8.63. The van der Waals surface area contributed by atoms with E-state index in [1.54, 1.807) is 24.3 Å². The summed E-state index contributed by atoms with van der Waals surface area (Å²) in [5.74, 6) is 0. The van der Waals surface area contributed by atoms with E-state index in [2.05, 4.69) is 0 Å². The second-order valence-corrected chi connectivity index (χ2v) is 2.09. The predicted octanol–water partition coefficient (Wildman–Crippen LogP) is 3.32. The number of hydrogen-bond donors (Lipinski definition) is 0. The van der Waals surface area contributed by atoms with Crippen molar-refractivity contribution in [1.82, 2.24) is 0 Å². The van der Waals surface area contributed by atoms with Gasteiger partial charge in [-0.25, -0.2) is 4.39 Å². The minimum Gasteiger partial charge on any atom is -0.225 e. The fourth-order valence-corrected chi connectivity index (χ4v) is 0.744. The van der Waals surface area contributed by atoms with Gasteiger partial charge in [-0.2, -0.15) is 0 Å². The van der Waals surface area contributed by atoms with Crippen molar-refractivity contribution < 1.29 is 4.39 Å². The number of hydrogen-bond acceptors (Lipinski definition) is 0. The number of halogens is 3. The van der Waals surface area contributed by atoms with Gasteiger partial charge in [0.05, 0.1) is 0 Å². The smallest absolute Gasteiger partial charge is 0.198 e. The van der Waals surface area contributed by atoms with Crippen LogP contribution < -0.4 is 0 Å². The third-order valence-electron chi connectivity index (χ3n) is 1.05. The van der Waals surface area contributed by atoms with Crippen LogP contribution in [0.25, 0.3) is 0 Å². The van der Waals surface area contributed by atoms with Crippen molar-refractivity contribution in [2.24, 2.45) is 0 Å². The molecule has 0 aromatic heterocycles. The van der Waals surface area contributed by atoms with Gasteiger partial charge in [0.25, 0.3) is 0 Å². The van der Waals surface area contributed by atoms with Crippen LogP contribution in [-0.2, 0) is 0 Å². The first-order valence-electron chi connectivity index (χ1n) is 2.64. The van der Waals surface area contributed by atoms with Crippen molar-refractivity contribution in [2.75, 3.05) is 0 Å². The van der Waals surface area contributed by atoms with Gasteiger partial charge in [0.1, 0.15) is 0 Å². The third-order valence-corrected chi connectivity index (χ3v) is 1.30. The Morgan fingerprint density at radius 3 is 2.00 bits per heavy atom. The molecule has 0 bridgehead atoms. The van der Waals surface area contributed by atoms with Crippen LogP contribution in [0.2, 0.25) is 0 Å². The highest BCUT2D eigenvalue weighted by atomic mass is 35.5. The second kappa shape index (κ2) is 4.53. The van der Waals surface area contributed by atoms with E-state index in [-0.39, 0.29) is 12.4 Å². The number of rotatable bonds is 1. The Morgan fingerprint density at radius 1 is 1.20 bits per heavy atom. The summed E-state index contributed by atoms with van der Waals surface area (Å²) >= 11 is 5.14. The van der Waals surface area contributed by atoms with Crippen molar-refractivity contribution in [1.29, 1.82) is 0 Å². The lowest BCUT2D eigenvalue weighted by molar-refractivity contribution is 0.460. The minimum atomic E-state index is -1.37. The van der Waals surface area contributed by atoms with Gasteiger partial charge >= 0.3 is 0 Å². The second-order valence-electron chi connectivity index (χ2n) is 1.71. The van der Waals surface area contributed by atoms with Crippen molar-refractivity contribution in [3.63, 3.8) is 0 Å². The molecule has 0 nitrogen and oxygen atoms in total. The zero-order valence-electron chi connectivity index (χ0n) is 5.13. The average molecular weight is 181 g/mol. The average Bonchev–Trinajstić information content (AvgIpc) is 1.90. The zero-order valence-corrected chi connectivity index (χ0v) is 6.70. The summed E-state index contributed by atoms with van der Waals surface area (Å²) < 4.78 is 12.2. The lowest BCUT2D eigenvalue weighted by Crippen LogP contribution is -1.78. The van der Waals surface area contributed by atoms with Crippen molar-refractivity contribution in [3.05, 3.63) is 35.9 Å². The maximum atomic E-state index is 12.2. The van der Waals surface area contributed by atoms with Crippen molar-refractivity contribution in [2.45, 2.75) is 5.63 Å². The summed E-state index contributed by atoms with van der Waals surface area (Å²) in [5.41, 5.74) is -0.856. The van der Waals surface area contributed by atoms with Crippen LogP contribution in [0.4, 0.5) is 4.39 Å². The van der Waals surface area contributed by atoms with Gasteiger partial charge in [-0.15, -0.1) is 12.4 Å². The molecule has 0 aliphatic heterocycles. The summed E-state index contributed by atoms with van der Waals surface area (Å²) in [6.07, 6.45) is 0. The molecular formula is C7H7Cl2F. The van der Waals surface area contributed by atoms with Crippen LogP contribution in [0.1, 0.15) is 11.2 Å². The van der Waals surface area contributed by atoms with E-state index in [4.69, 9.17) is 11.6 Å². The van der Waals surface area contributed by atoms with Gasteiger partial charge < -0.3 is 0 Å². The molecule has 0 saturated carbocycles. The molecule has 3 heteroatoms. The van der Waals surface area contributed by atoms with E-state index in [0.717, 1.165) is 0 Å². The first-order chi connectivity index (χ1) is 4.30. The highest BCUT2D eigenvalue weighted by Crippen LogP contribution is 2.19. The summed E-state index contributed by atoms with van der Waals surface area (Å²) in [5, 5.41) is 0. The molecule has 0 heterocycles. The molecule has 1 unspecified atom stereocenters. The molecule has 1 aromatic rings. The molecule has 0 N–H and O–H groups in total. The fourth-order valence-electron chi connectivity index (χ4n) is 0.599. The SMILES string of the molecule is Cl.FC(Cl)c1ccccc1. The largest absolute Gasteiger partial charge is 0.225 e. The van der Waals surface area contributed by atoms with Gasteiger partial charge in [0.2, 0.25) is 0 Å². The predicted molar refractivity (Wildman–Crippen MR) is 43.4 cm³/mol. The summed E-state index contributed by atoms with van der Waals surface area (Å²) in [6.45, 7) is 0.